The van der Waals surface area contributed by atoms with Crippen LogP contribution in [0.1, 0.15) is 29.5 Å². The van der Waals surface area contributed by atoms with E-state index in [2.05, 4.69) is 10.1 Å². The van der Waals surface area contributed by atoms with Crippen LogP contribution in [0.3, 0.4) is 0 Å². The van der Waals surface area contributed by atoms with Gasteiger partial charge in [0.25, 0.3) is 5.89 Å². The van der Waals surface area contributed by atoms with Crippen LogP contribution in [0, 0.1) is 0 Å². The van der Waals surface area contributed by atoms with E-state index in [0.717, 1.165) is 18.4 Å². The number of hydrogen-bond donors (Lipinski definition) is 1. The SMILES string of the molecule is CCCc1noc(-c2ccc(C(=O)O)cc2)n1. The lowest BCUT2D eigenvalue weighted by Gasteiger charge is -1.95. The zero-order chi connectivity index (χ0) is 12.3. The van der Waals surface area contributed by atoms with E-state index in [-0.39, 0.29) is 5.56 Å². The van der Waals surface area contributed by atoms with Gasteiger partial charge in [-0.2, -0.15) is 4.98 Å². The van der Waals surface area contributed by atoms with Crippen molar-refractivity contribution >= 4 is 5.97 Å². The highest BCUT2D eigenvalue weighted by Gasteiger charge is 2.09. The maximum Gasteiger partial charge on any atom is 0.335 e. The van der Waals surface area contributed by atoms with Crippen LogP contribution in [-0.4, -0.2) is 21.2 Å². The molecule has 1 N–H and O–H groups in total. The number of carboxylic acids is 1. The van der Waals surface area contributed by atoms with Gasteiger partial charge in [-0.1, -0.05) is 12.1 Å². The van der Waals surface area contributed by atoms with E-state index in [0.29, 0.717) is 11.7 Å². The lowest BCUT2D eigenvalue weighted by Crippen LogP contribution is -1.95. The van der Waals surface area contributed by atoms with Crippen LogP contribution in [0.25, 0.3) is 11.5 Å². The molecule has 0 spiro atoms. The molecule has 0 amide bonds. The number of aromatic carboxylic acids is 1. The first kappa shape index (κ1) is 11.3. The summed E-state index contributed by atoms with van der Waals surface area (Å²) in [5, 5.41) is 12.6. The first-order valence-electron chi connectivity index (χ1n) is 5.37. The minimum Gasteiger partial charge on any atom is -0.478 e. The number of carbonyl (C=O) groups is 1. The zero-order valence-corrected chi connectivity index (χ0v) is 9.38. The molecule has 1 aromatic heterocycles. The lowest BCUT2D eigenvalue weighted by molar-refractivity contribution is 0.0697. The van der Waals surface area contributed by atoms with Crippen molar-refractivity contribution in [2.45, 2.75) is 19.8 Å². The number of benzene rings is 1. The van der Waals surface area contributed by atoms with E-state index in [9.17, 15) is 4.79 Å². The van der Waals surface area contributed by atoms with Crippen molar-refractivity contribution in [1.29, 1.82) is 0 Å². The molecule has 17 heavy (non-hydrogen) atoms. The minimum atomic E-state index is -0.950. The maximum absolute atomic E-state index is 10.7. The van der Waals surface area contributed by atoms with E-state index in [4.69, 9.17) is 9.63 Å². The molecule has 0 saturated carbocycles. The average Bonchev–Trinajstić information content (AvgIpc) is 2.78. The van der Waals surface area contributed by atoms with Crippen LogP contribution >= 0.6 is 0 Å². The third-order valence-electron chi connectivity index (χ3n) is 2.32. The molecule has 88 valence electrons. The van der Waals surface area contributed by atoms with Gasteiger partial charge in [0.05, 0.1) is 5.56 Å². The van der Waals surface area contributed by atoms with Crippen LogP contribution in [-0.2, 0) is 6.42 Å². The number of nitrogens with zero attached hydrogens (tertiary/aromatic N) is 2. The minimum absolute atomic E-state index is 0.238. The summed E-state index contributed by atoms with van der Waals surface area (Å²) < 4.78 is 5.10. The van der Waals surface area contributed by atoms with Crippen molar-refractivity contribution < 1.29 is 14.4 Å². The molecular weight excluding hydrogens is 220 g/mol. The highest BCUT2D eigenvalue weighted by atomic mass is 16.5. The Bertz CT molecular complexity index is 517. The molecule has 0 aliphatic carbocycles. The van der Waals surface area contributed by atoms with Crippen molar-refractivity contribution in [3.63, 3.8) is 0 Å². The van der Waals surface area contributed by atoms with E-state index < -0.39 is 5.97 Å². The summed E-state index contributed by atoms with van der Waals surface area (Å²) in [6, 6.07) is 6.35. The Morgan fingerprint density at radius 2 is 2.06 bits per heavy atom. The first-order chi connectivity index (χ1) is 8.20. The first-order valence-corrected chi connectivity index (χ1v) is 5.37. The van der Waals surface area contributed by atoms with Crippen LogP contribution < -0.4 is 0 Å². The lowest BCUT2D eigenvalue weighted by atomic mass is 10.1. The van der Waals surface area contributed by atoms with Gasteiger partial charge in [-0.15, -0.1) is 0 Å². The second-order valence-electron chi connectivity index (χ2n) is 3.65. The molecule has 1 heterocycles. The van der Waals surface area contributed by atoms with Gasteiger partial charge in [0.15, 0.2) is 5.82 Å². The molecule has 0 atom stereocenters. The van der Waals surface area contributed by atoms with Gasteiger partial charge in [0, 0.05) is 12.0 Å². The van der Waals surface area contributed by atoms with E-state index in [1.165, 1.54) is 12.1 Å². The van der Waals surface area contributed by atoms with Crippen molar-refractivity contribution in [2.75, 3.05) is 0 Å². The Kier molecular flexibility index (Phi) is 3.18. The zero-order valence-electron chi connectivity index (χ0n) is 9.38. The summed E-state index contributed by atoms with van der Waals surface area (Å²) in [5.41, 5.74) is 0.965. The Hall–Kier alpha value is -2.17. The summed E-state index contributed by atoms with van der Waals surface area (Å²) in [6.45, 7) is 2.04. The van der Waals surface area contributed by atoms with Gasteiger partial charge in [-0.3, -0.25) is 0 Å². The van der Waals surface area contributed by atoms with Crippen LogP contribution in [0.4, 0.5) is 0 Å². The quantitative estimate of drug-likeness (QED) is 0.875. The number of carboxylic acid groups (broad SMARTS) is 1. The Morgan fingerprint density at radius 3 is 2.65 bits per heavy atom. The molecule has 0 aliphatic heterocycles. The molecule has 5 heteroatoms. The average molecular weight is 232 g/mol. The molecule has 1 aromatic carbocycles. The second kappa shape index (κ2) is 4.78. The van der Waals surface area contributed by atoms with Crippen LogP contribution in [0.2, 0.25) is 0 Å². The number of aryl methyl sites for hydroxylation is 1. The highest BCUT2D eigenvalue weighted by Crippen LogP contribution is 2.18. The van der Waals surface area contributed by atoms with Gasteiger partial charge in [-0.25, -0.2) is 4.79 Å². The molecule has 0 bridgehead atoms. The molecule has 2 aromatic rings. The third kappa shape index (κ3) is 2.50. The molecule has 0 unspecified atom stereocenters. The Labute approximate surface area is 98.1 Å². The largest absolute Gasteiger partial charge is 0.478 e. The number of hydrogen-bond acceptors (Lipinski definition) is 4. The maximum atomic E-state index is 10.7. The Balaban J connectivity index is 2.23. The number of aromatic nitrogens is 2. The highest BCUT2D eigenvalue weighted by molar-refractivity contribution is 5.88. The molecule has 0 aliphatic rings. The van der Waals surface area contributed by atoms with Gasteiger partial charge < -0.3 is 9.63 Å². The molecule has 5 nitrogen and oxygen atoms in total. The summed E-state index contributed by atoms with van der Waals surface area (Å²) in [6.07, 6.45) is 1.73. The van der Waals surface area contributed by atoms with E-state index >= 15 is 0 Å². The summed E-state index contributed by atoms with van der Waals surface area (Å²) >= 11 is 0. The van der Waals surface area contributed by atoms with Crippen molar-refractivity contribution in [3.8, 4) is 11.5 Å². The van der Waals surface area contributed by atoms with Crippen LogP contribution in [0.5, 0.6) is 0 Å². The fourth-order valence-electron chi connectivity index (χ4n) is 1.45. The van der Waals surface area contributed by atoms with Gasteiger partial charge in [0.1, 0.15) is 0 Å². The molecule has 0 radical (unpaired) electrons. The van der Waals surface area contributed by atoms with Gasteiger partial charge in [-0.05, 0) is 30.7 Å². The van der Waals surface area contributed by atoms with E-state index in [1.54, 1.807) is 12.1 Å². The summed E-state index contributed by atoms with van der Waals surface area (Å²) in [5.74, 6) is 0.143. The van der Waals surface area contributed by atoms with Crippen molar-refractivity contribution in [3.05, 3.63) is 35.7 Å². The van der Waals surface area contributed by atoms with Gasteiger partial charge in [0.2, 0.25) is 0 Å². The van der Waals surface area contributed by atoms with Crippen molar-refractivity contribution in [1.82, 2.24) is 10.1 Å². The smallest absolute Gasteiger partial charge is 0.335 e. The summed E-state index contributed by atoms with van der Waals surface area (Å²) in [4.78, 5) is 14.9. The van der Waals surface area contributed by atoms with Crippen molar-refractivity contribution in [2.24, 2.45) is 0 Å². The monoisotopic (exact) mass is 232 g/mol. The fourth-order valence-corrected chi connectivity index (χ4v) is 1.45. The fraction of sp³-hybridized carbons (Fsp3) is 0.250. The standard InChI is InChI=1S/C12H12N2O3/c1-2-3-10-13-11(17-14-10)8-4-6-9(7-5-8)12(15)16/h4-7H,2-3H2,1H3,(H,15,16). The second-order valence-corrected chi connectivity index (χ2v) is 3.65. The molecule has 0 saturated heterocycles. The third-order valence-corrected chi connectivity index (χ3v) is 2.32. The van der Waals surface area contributed by atoms with E-state index in [1.807, 2.05) is 6.92 Å². The molecular formula is C12H12N2O3. The molecule has 0 fully saturated rings. The van der Waals surface area contributed by atoms with Gasteiger partial charge >= 0.3 is 5.97 Å². The predicted octanol–water partition coefficient (Wildman–Crippen LogP) is 2.39. The Morgan fingerprint density at radius 1 is 1.35 bits per heavy atom. The molecule has 2 rings (SSSR count). The summed E-state index contributed by atoms with van der Waals surface area (Å²) in [7, 11) is 0. The van der Waals surface area contributed by atoms with Crippen LogP contribution in [0.15, 0.2) is 28.8 Å². The predicted molar refractivity (Wildman–Crippen MR) is 60.7 cm³/mol. The topological polar surface area (TPSA) is 76.2 Å². The number of rotatable bonds is 4. The normalized spacial score (nSPS) is 10.4.